The molecule has 0 saturated heterocycles. The minimum Gasteiger partial charge on any atom is -0.299 e. The monoisotopic (exact) mass is 251 g/mol. The molecule has 0 spiro atoms. The van der Waals surface area contributed by atoms with E-state index >= 15 is 0 Å². The van der Waals surface area contributed by atoms with Crippen molar-refractivity contribution in [1.82, 2.24) is 15.0 Å². The maximum Gasteiger partial charge on any atom is 0.143 e. The zero-order valence-electron chi connectivity index (χ0n) is 9.73. The summed E-state index contributed by atoms with van der Waals surface area (Å²) in [5.41, 5.74) is 0.283. The molecule has 6 heteroatoms. The standard InChI is InChI=1S/C12H11F2N3O/c1-17-7-8(15-16-17)5-9(18)6-10-11(13)3-2-4-12(10)14/h2-4,7H,5-6H2,1H3. The molecule has 1 aromatic carbocycles. The summed E-state index contributed by atoms with van der Waals surface area (Å²) in [6.45, 7) is 0. The van der Waals surface area contributed by atoms with Crippen LogP contribution < -0.4 is 0 Å². The van der Waals surface area contributed by atoms with Gasteiger partial charge in [0.25, 0.3) is 0 Å². The van der Waals surface area contributed by atoms with E-state index in [1.54, 1.807) is 13.2 Å². The predicted octanol–water partition coefficient (Wildman–Crippen LogP) is 1.45. The average molecular weight is 251 g/mol. The van der Waals surface area contributed by atoms with E-state index in [1.807, 2.05) is 0 Å². The van der Waals surface area contributed by atoms with Gasteiger partial charge in [-0.25, -0.2) is 8.78 Å². The lowest BCUT2D eigenvalue weighted by Gasteiger charge is -2.03. The molecule has 0 aliphatic rings. The Morgan fingerprint density at radius 2 is 1.94 bits per heavy atom. The molecule has 2 aromatic rings. The summed E-state index contributed by atoms with van der Waals surface area (Å²) in [6.07, 6.45) is 1.33. The molecule has 0 saturated carbocycles. The van der Waals surface area contributed by atoms with Gasteiger partial charge in [-0.3, -0.25) is 9.48 Å². The number of carbonyl (C=O) groups excluding carboxylic acids is 1. The first-order valence-corrected chi connectivity index (χ1v) is 5.36. The van der Waals surface area contributed by atoms with Crippen LogP contribution in [0.5, 0.6) is 0 Å². The Bertz CT molecular complexity index is 560. The summed E-state index contributed by atoms with van der Waals surface area (Å²) in [6, 6.07) is 3.53. The predicted molar refractivity (Wildman–Crippen MR) is 59.8 cm³/mol. The molecule has 94 valence electrons. The molecule has 4 nitrogen and oxygen atoms in total. The molecule has 18 heavy (non-hydrogen) atoms. The number of rotatable bonds is 4. The maximum absolute atomic E-state index is 13.3. The lowest BCUT2D eigenvalue weighted by molar-refractivity contribution is -0.117. The van der Waals surface area contributed by atoms with Crippen LogP contribution in [0.2, 0.25) is 0 Å². The number of benzene rings is 1. The van der Waals surface area contributed by atoms with Crippen LogP contribution in [0.1, 0.15) is 11.3 Å². The fourth-order valence-corrected chi connectivity index (χ4v) is 1.64. The van der Waals surface area contributed by atoms with Gasteiger partial charge in [0.1, 0.15) is 17.4 Å². The Labute approximate surface area is 102 Å². The van der Waals surface area contributed by atoms with Gasteiger partial charge in [-0.15, -0.1) is 5.10 Å². The number of hydrogen-bond acceptors (Lipinski definition) is 3. The van der Waals surface area contributed by atoms with Crippen molar-refractivity contribution in [3.8, 4) is 0 Å². The normalized spacial score (nSPS) is 10.6. The summed E-state index contributed by atoms with van der Waals surface area (Å²) >= 11 is 0. The fourth-order valence-electron chi connectivity index (χ4n) is 1.64. The Balaban J connectivity index is 2.08. The van der Waals surface area contributed by atoms with Gasteiger partial charge < -0.3 is 0 Å². The Morgan fingerprint density at radius 1 is 1.28 bits per heavy atom. The van der Waals surface area contributed by atoms with Crippen molar-refractivity contribution in [2.75, 3.05) is 0 Å². The molecule has 0 unspecified atom stereocenters. The van der Waals surface area contributed by atoms with Crippen LogP contribution in [0, 0.1) is 11.6 Å². The number of nitrogens with zero attached hydrogens (tertiary/aromatic N) is 3. The SMILES string of the molecule is Cn1cc(CC(=O)Cc2c(F)cccc2F)nn1. The van der Waals surface area contributed by atoms with Crippen LogP contribution in [0.15, 0.2) is 24.4 Å². The van der Waals surface area contributed by atoms with E-state index in [0.29, 0.717) is 5.69 Å². The van der Waals surface area contributed by atoms with Crippen molar-refractivity contribution in [2.24, 2.45) is 7.05 Å². The highest BCUT2D eigenvalue weighted by atomic mass is 19.1. The van der Waals surface area contributed by atoms with Gasteiger partial charge in [0.2, 0.25) is 0 Å². The van der Waals surface area contributed by atoms with E-state index in [4.69, 9.17) is 0 Å². The van der Waals surface area contributed by atoms with Crippen molar-refractivity contribution < 1.29 is 13.6 Å². The third kappa shape index (κ3) is 2.77. The van der Waals surface area contributed by atoms with Gasteiger partial charge in [0, 0.05) is 25.2 Å². The quantitative estimate of drug-likeness (QED) is 0.826. The van der Waals surface area contributed by atoms with Crippen molar-refractivity contribution in [3.63, 3.8) is 0 Å². The molecule has 1 aromatic heterocycles. The van der Waals surface area contributed by atoms with Crippen LogP contribution in [-0.4, -0.2) is 20.8 Å². The topological polar surface area (TPSA) is 47.8 Å². The van der Waals surface area contributed by atoms with Gasteiger partial charge in [-0.2, -0.15) is 0 Å². The van der Waals surface area contributed by atoms with Gasteiger partial charge in [-0.1, -0.05) is 11.3 Å². The largest absolute Gasteiger partial charge is 0.299 e. The molecule has 1 heterocycles. The zero-order chi connectivity index (χ0) is 13.1. The third-order valence-corrected chi connectivity index (χ3v) is 2.46. The number of carbonyl (C=O) groups is 1. The summed E-state index contributed by atoms with van der Waals surface area (Å²) in [5, 5.41) is 7.42. The molecule has 0 fully saturated rings. The second-order valence-electron chi connectivity index (χ2n) is 3.98. The number of hydrogen-bond donors (Lipinski definition) is 0. The number of Topliss-reactive ketones (excluding diaryl/α,β-unsaturated/α-hetero) is 1. The van der Waals surface area contributed by atoms with Crippen molar-refractivity contribution in [2.45, 2.75) is 12.8 Å². The molecule has 2 rings (SSSR count). The number of halogens is 2. The molecule has 0 amide bonds. The molecule has 0 aliphatic carbocycles. The lowest BCUT2D eigenvalue weighted by atomic mass is 10.0. The fraction of sp³-hybridized carbons (Fsp3) is 0.250. The minimum atomic E-state index is -0.706. The highest BCUT2D eigenvalue weighted by Crippen LogP contribution is 2.13. The van der Waals surface area contributed by atoms with Gasteiger partial charge in [-0.05, 0) is 12.1 Å². The third-order valence-electron chi connectivity index (χ3n) is 2.46. The summed E-state index contributed by atoms with van der Waals surface area (Å²) in [5.74, 6) is -1.72. The van der Waals surface area contributed by atoms with E-state index in [0.717, 1.165) is 12.1 Å². The molecule has 0 atom stereocenters. The maximum atomic E-state index is 13.3. The molecular formula is C12H11F2N3O. The first-order valence-electron chi connectivity index (χ1n) is 5.36. The first-order chi connectivity index (χ1) is 8.56. The van der Waals surface area contributed by atoms with Crippen LogP contribution in [0.3, 0.4) is 0 Å². The van der Waals surface area contributed by atoms with E-state index < -0.39 is 11.6 Å². The minimum absolute atomic E-state index is 0.0155. The van der Waals surface area contributed by atoms with E-state index in [-0.39, 0.29) is 24.2 Å². The Hall–Kier alpha value is -2.11. The Kier molecular flexibility index (Phi) is 3.45. The smallest absolute Gasteiger partial charge is 0.143 e. The second kappa shape index (κ2) is 5.03. The molecule has 0 aliphatic heterocycles. The van der Waals surface area contributed by atoms with Crippen molar-refractivity contribution in [3.05, 3.63) is 47.3 Å². The molecule has 0 radical (unpaired) electrons. The summed E-state index contributed by atoms with van der Waals surface area (Å²) < 4.78 is 28.1. The van der Waals surface area contributed by atoms with Gasteiger partial charge >= 0.3 is 0 Å². The molecular weight excluding hydrogens is 240 g/mol. The van der Waals surface area contributed by atoms with E-state index in [2.05, 4.69) is 10.3 Å². The zero-order valence-corrected chi connectivity index (χ0v) is 9.73. The average Bonchev–Trinajstić information content (AvgIpc) is 2.69. The highest BCUT2D eigenvalue weighted by Gasteiger charge is 2.14. The van der Waals surface area contributed by atoms with Crippen molar-refractivity contribution >= 4 is 5.78 Å². The number of aryl methyl sites for hydroxylation is 1. The number of aromatic nitrogens is 3. The van der Waals surface area contributed by atoms with Gasteiger partial charge in [0.15, 0.2) is 0 Å². The van der Waals surface area contributed by atoms with E-state index in [1.165, 1.54) is 10.7 Å². The second-order valence-corrected chi connectivity index (χ2v) is 3.98. The Morgan fingerprint density at radius 3 is 2.50 bits per heavy atom. The van der Waals surface area contributed by atoms with Crippen molar-refractivity contribution in [1.29, 1.82) is 0 Å². The lowest BCUT2D eigenvalue weighted by Crippen LogP contribution is -2.10. The van der Waals surface area contributed by atoms with Crippen LogP contribution in [0.25, 0.3) is 0 Å². The molecule has 0 bridgehead atoms. The van der Waals surface area contributed by atoms with Gasteiger partial charge in [0.05, 0.1) is 12.1 Å². The number of ketones is 1. The first kappa shape index (κ1) is 12.3. The van der Waals surface area contributed by atoms with E-state index in [9.17, 15) is 13.6 Å². The van der Waals surface area contributed by atoms with Crippen LogP contribution >= 0.6 is 0 Å². The molecule has 0 N–H and O–H groups in total. The van der Waals surface area contributed by atoms with Crippen LogP contribution in [-0.2, 0) is 24.7 Å². The highest BCUT2D eigenvalue weighted by molar-refractivity contribution is 5.82. The summed E-state index contributed by atoms with van der Waals surface area (Å²) in [7, 11) is 1.68. The summed E-state index contributed by atoms with van der Waals surface area (Å²) in [4.78, 5) is 11.7. The van der Waals surface area contributed by atoms with Crippen LogP contribution in [0.4, 0.5) is 8.78 Å².